The van der Waals surface area contributed by atoms with Crippen LogP contribution in [0.3, 0.4) is 0 Å². The lowest BCUT2D eigenvalue weighted by molar-refractivity contribution is 0.0763. The van der Waals surface area contributed by atoms with E-state index >= 15 is 0 Å². The smallest absolute Gasteiger partial charge is 0.259 e. The van der Waals surface area contributed by atoms with Crippen molar-refractivity contribution in [1.82, 2.24) is 24.4 Å². The molecule has 0 atom stereocenters. The second kappa shape index (κ2) is 7.17. The molecular weight excluding hydrogens is 346 g/mol. The van der Waals surface area contributed by atoms with Crippen molar-refractivity contribution in [3.63, 3.8) is 0 Å². The molecule has 0 saturated carbocycles. The van der Waals surface area contributed by atoms with E-state index in [1.807, 2.05) is 24.8 Å². The molecule has 1 fully saturated rings. The summed E-state index contributed by atoms with van der Waals surface area (Å²) < 4.78 is 1.75. The van der Waals surface area contributed by atoms with Crippen LogP contribution in [0.15, 0.2) is 29.8 Å². The van der Waals surface area contributed by atoms with Gasteiger partial charge in [0.15, 0.2) is 5.65 Å². The van der Waals surface area contributed by atoms with Crippen LogP contribution in [0, 0.1) is 13.8 Å². The third kappa shape index (κ3) is 3.37. The number of aryl methyl sites for hydroxylation is 2. The number of thiophene rings is 1. The van der Waals surface area contributed by atoms with Gasteiger partial charge in [-0.05, 0) is 37.8 Å². The van der Waals surface area contributed by atoms with E-state index < -0.39 is 0 Å². The van der Waals surface area contributed by atoms with Crippen molar-refractivity contribution in [2.24, 2.45) is 0 Å². The Bertz CT molecular complexity index is 918. The highest BCUT2D eigenvalue weighted by molar-refractivity contribution is 7.09. The molecule has 0 unspecified atom stereocenters. The van der Waals surface area contributed by atoms with E-state index in [-0.39, 0.29) is 5.91 Å². The first-order valence-electron chi connectivity index (χ1n) is 8.98. The molecule has 1 aliphatic heterocycles. The summed E-state index contributed by atoms with van der Waals surface area (Å²) in [5, 5.41) is 6.48. The van der Waals surface area contributed by atoms with Gasteiger partial charge in [0, 0.05) is 49.0 Å². The average molecular weight is 369 g/mol. The molecule has 0 bridgehead atoms. The molecule has 1 amide bonds. The summed E-state index contributed by atoms with van der Waals surface area (Å²) in [7, 11) is 0. The molecule has 6 nitrogen and oxygen atoms in total. The highest BCUT2D eigenvalue weighted by Crippen LogP contribution is 2.17. The highest BCUT2D eigenvalue weighted by atomic mass is 32.1. The third-order valence-electron chi connectivity index (χ3n) is 4.84. The maximum absolute atomic E-state index is 13.1. The molecule has 1 aliphatic rings. The Kier molecular flexibility index (Phi) is 4.74. The van der Waals surface area contributed by atoms with Crippen molar-refractivity contribution in [3.05, 3.63) is 51.6 Å². The first kappa shape index (κ1) is 17.2. The van der Waals surface area contributed by atoms with Gasteiger partial charge in [0.05, 0.1) is 6.20 Å². The summed E-state index contributed by atoms with van der Waals surface area (Å²) in [6.07, 6.45) is 2.65. The van der Waals surface area contributed by atoms with Crippen LogP contribution in [0.1, 0.15) is 33.0 Å². The fourth-order valence-corrected chi connectivity index (χ4v) is 4.29. The summed E-state index contributed by atoms with van der Waals surface area (Å²) >= 11 is 1.79. The molecular formula is C19H23N5OS. The maximum Gasteiger partial charge on any atom is 0.259 e. The Labute approximate surface area is 157 Å². The van der Waals surface area contributed by atoms with E-state index in [1.54, 1.807) is 22.0 Å². The quantitative estimate of drug-likeness (QED) is 0.712. The number of carbonyl (C=O) groups excluding carboxylic acids is 1. The van der Waals surface area contributed by atoms with E-state index in [9.17, 15) is 4.79 Å². The standard InChI is InChI=1S/C19H23N5OS/c1-14-11-15(2)24-18(21-14)17(12-20-24)19(25)23-7-4-6-22(8-9-23)13-16-5-3-10-26-16/h3,5,10-12H,4,6-9,13H2,1-2H3. The monoisotopic (exact) mass is 369 g/mol. The van der Waals surface area contributed by atoms with Crippen molar-refractivity contribution >= 4 is 22.9 Å². The Morgan fingerprint density at radius 2 is 2.12 bits per heavy atom. The molecule has 1 saturated heterocycles. The van der Waals surface area contributed by atoms with Crippen molar-refractivity contribution in [3.8, 4) is 0 Å². The lowest BCUT2D eigenvalue weighted by Crippen LogP contribution is -2.35. The Balaban J connectivity index is 1.50. The van der Waals surface area contributed by atoms with Gasteiger partial charge in [-0.3, -0.25) is 9.69 Å². The normalized spacial score (nSPS) is 16.2. The van der Waals surface area contributed by atoms with Gasteiger partial charge < -0.3 is 4.90 Å². The number of aromatic nitrogens is 3. The summed E-state index contributed by atoms with van der Waals surface area (Å²) in [5.41, 5.74) is 3.16. The van der Waals surface area contributed by atoms with Gasteiger partial charge in [0.2, 0.25) is 0 Å². The van der Waals surface area contributed by atoms with Crippen molar-refractivity contribution in [2.75, 3.05) is 26.2 Å². The van der Waals surface area contributed by atoms with Gasteiger partial charge in [-0.1, -0.05) is 6.07 Å². The van der Waals surface area contributed by atoms with Gasteiger partial charge in [0.25, 0.3) is 5.91 Å². The number of hydrogen-bond donors (Lipinski definition) is 0. The summed E-state index contributed by atoms with van der Waals surface area (Å²) in [6, 6.07) is 6.24. The zero-order chi connectivity index (χ0) is 18.1. The van der Waals surface area contributed by atoms with Crippen molar-refractivity contribution in [1.29, 1.82) is 0 Å². The number of hydrogen-bond acceptors (Lipinski definition) is 5. The van der Waals surface area contributed by atoms with Crippen LogP contribution in [0.25, 0.3) is 5.65 Å². The molecule has 4 rings (SSSR count). The molecule has 4 heterocycles. The number of carbonyl (C=O) groups is 1. The van der Waals surface area contributed by atoms with E-state index in [2.05, 4.69) is 32.5 Å². The Hall–Kier alpha value is -2.25. The third-order valence-corrected chi connectivity index (χ3v) is 5.70. The number of amides is 1. The predicted octanol–water partition coefficient (Wildman–Crippen LogP) is 2.76. The number of fused-ring (bicyclic) bond motifs is 1. The largest absolute Gasteiger partial charge is 0.337 e. The van der Waals surface area contributed by atoms with E-state index in [1.165, 1.54) is 4.88 Å². The summed E-state index contributed by atoms with van der Waals surface area (Å²) in [6.45, 7) is 8.34. The molecule has 0 N–H and O–H groups in total. The fourth-order valence-electron chi connectivity index (χ4n) is 3.55. The lowest BCUT2D eigenvalue weighted by Gasteiger charge is -2.21. The van der Waals surface area contributed by atoms with E-state index in [0.717, 1.165) is 50.5 Å². The van der Waals surface area contributed by atoms with Crippen LogP contribution in [-0.4, -0.2) is 56.5 Å². The molecule has 3 aromatic heterocycles. The molecule has 0 spiro atoms. The number of nitrogens with zero attached hydrogens (tertiary/aromatic N) is 5. The van der Waals surface area contributed by atoms with Crippen LogP contribution >= 0.6 is 11.3 Å². The second-order valence-corrected chi connectivity index (χ2v) is 7.87. The van der Waals surface area contributed by atoms with Crippen LogP contribution in [0.2, 0.25) is 0 Å². The van der Waals surface area contributed by atoms with Crippen molar-refractivity contribution < 1.29 is 4.79 Å². The minimum absolute atomic E-state index is 0.0375. The average Bonchev–Trinajstić information content (AvgIpc) is 3.20. The maximum atomic E-state index is 13.1. The Morgan fingerprint density at radius 3 is 2.92 bits per heavy atom. The summed E-state index contributed by atoms with van der Waals surface area (Å²) in [5.74, 6) is 0.0375. The van der Waals surface area contributed by atoms with Gasteiger partial charge in [-0.25, -0.2) is 9.50 Å². The van der Waals surface area contributed by atoms with Gasteiger partial charge in [-0.2, -0.15) is 5.10 Å². The zero-order valence-corrected chi connectivity index (χ0v) is 16.0. The molecule has 0 aromatic carbocycles. The molecule has 3 aromatic rings. The van der Waals surface area contributed by atoms with Crippen LogP contribution in [0.4, 0.5) is 0 Å². The second-order valence-electron chi connectivity index (χ2n) is 6.83. The zero-order valence-electron chi connectivity index (χ0n) is 15.2. The van der Waals surface area contributed by atoms with Gasteiger partial charge >= 0.3 is 0 Å². The molecule has 136 valence electrons. The molecule has 7 heteroatoms. The van der Waals surface area contributed by atoms with E-state index in [0.29, 0.717) is 11.2 Å². The van der Waals surface area contributed by atoms with Crippen LogP contribution in [-0.2, 0) is 6.54 Å². The minimum Gasteiger partial charge on any atom is -0.337 e. The topological polar surface area (TPSA) is 53.7 Å². The van der Waals surface area contributed by atoms with Crippen LogP contribution in [0.5, 0.6) is 0 Å². The molecule has 0 aliphatic carbocycles. The fraction of sp³-hybridized carbons (Fsp3) is 0.421. The van der Waals surface area contributed by atoms with Crippen molar-refractivity contribution in [2.45, 2.75) is 26.8 Å². The highest BCUT2D eigenvalue weighted by Gasteiger charge is 2.24. The molecule has 0 radical (unpaired) electrons. The summed E-state index contributed by atoms with van der Waals surface area (Å²) in [4.78, 5) is 23.4. The predicted molar refractivity (Wildman–Crippen MR) is 103 cm³/mol. The van der Waals surface area contributed by atoms with Gasteiger partial charge in [-0.15, -0.1) is 11.3 Å². The van der Waals surface area contributed by atoms with Crippen LogP contribution < -0.4 is 0 Å². The van der Waals surface area contributed by atoms with E-state index in [4.69, 9.17) is 0 Å². The minimum atomic E-state index is 0.0375. The first-order valence-corrected chi connectivity index (χ1v) is 9.86. The SMILES string of the molecule is Cc1cc(C)n2ncc(C(=O)N3CCCN(Cc4cccs4)CC3)c2n1. The van der Waals surface area contributed by atoms with Gasteiger partial charge in [0.1, 0.15) is 5.56 Å². The molecule has 26 heavy (non-hydrogen) atoms. The first-order chi connectivity index (χ1) is 12.6. The Morgan fingerprint density at radius 1 is 1.23 bits per heavy atom. The lowest BCUT2D eigenvalue weighted by atomic mass is 10.2. The number of rotatable bonds is 3.